The molecule has 0 bridgehead atoms. The van der Waals surface area contributed by atoms with Gasteiger partial charge in [-0.2, -0.15) is 9.97 Å². The van der Waals surface area contributed by atoms with Crippen molar-refractivity contribution in [3.05, 3.63) is 48.8 Å². The second-order valence-corrected chi connectivity index (χ2v) is 6.51. The van der Waals surface area contributed by atoms with Gasteiger partial charge in [-0.15, -0.1) is 0 Å². The Labute approximate surface area is 164 Å². The van der Waals surface area contributed by atoms with Crippen LogP contribution in [0.15, 0.2) is 37.2 Å². The zero-order valence-electron chi connectivity index (χ0n) is 15.8. The van der Waals surface area contributed by atoms with Gasteiger partial charge in [0.05, 0.1) is 36.7 Å². The Morgan fingerprint density at radius 1 is 1.17 bits per heavy atom. The van der Waals surface area contributed by atoms with E-state index in [1.807, 2.05) is 30.8 Å². The average Bonchev–Trinajstić information content (AvgIpc) is 3.29. The highest BCUT2D eigenvalue weighted by molar-refractivity contribution is 5.90. The molecule has 2 N–H and O–H groups in total. The van der Waals surface area contributed by atoms with Gasteiger partial charge < -0.3 is 19.8 Å². The van der Waals surface area contributed by atoms with E-state index in [-0.39, 0.29) is 12.6 Å². The summed E-state index contributed by atoms with van der Waals surface area (Å²) < 4.78 is 29.5. The lowest BCUT2D eigenvalue weighted by Crippen LogP contribution is -2.14. The third kappa shape index (κ3) is 3.98. The number of hydrogen-bond acceptors (Lipinski definition) is 7. The van der Waals surface area contributed by atoms with Gasteiger partial charge in [-0.3, -0.25) is 0 Å². The Bertz CT molecular complexity index is 1120. The minimum Gasteiger partial charge on any atom is -0.344 e. The lowest BCUT2D eigenvalue weighted by molar-refractivity contribution is 0.450. The van der Waals surface area contributed by atoms with E-state index in [1.165, 1.54) is 0 Å². The van der Waals surface area contributed by atoms with E-state index in [4.69, 9.17) is 0 Å². The highest BCUT2D eigenvalue weighted by Gasteiger charge is 2.16. The first kappa shape index (κ1) is 18.7. The van der Waals surface area contributed by atoms with Gasteiger partial charge in [0.25, 0.3) is 0 Å². The number of rotatable bonds is 7. The summed E-state index contributed by atoms with van der Waals surface area (Å²) in [6.07, 6.45) is 7.45. The maximum Gasteiger partial charge on any atom is 0.227 e. The molecular formula is C18H19F2N9. The van der Waals surface area contributed by atoms with Crippen LogP contribution in [0.3, 0.4) is 0 Å². The average molecular weight is 399 g/mol. The van der Waals surface area contributed by atoms with Gasteiger partial charge in [0.2, 0.25) is 5.95 Å². The normalized spacial score (nSPS) is 12.3. The Morgan fingerprint density at radius 3 is 2.66 bits per heavy atom. The zero-order chi connectivity index (χ0) is 20.4. The molecule has 4 aromatic rings. The van der Waals surface area contributed by atoms with Crippen molar-refractivity contribution in [1.82, 2.24) is 34.1 Å². The van der Waals surface area contributed by atoms with Crippen LogP contribution >= 0.6 is 0 Å². The molecule has 9 nitrogen and oxygen atoms in total. The van der Waals surface area contributed by atoms with E-state index in [9.17, 15) is 8.78 Å². The summed E-state index contributed by atoms with van der Waals surface area (Å²) >= 11 is 0. The van der Waals surface area contributed by atoms with Gasteiger partial charge in [-0.05, 0) is 13.0 Å². The quantitative estimate of drug-likeness (QED) is 0.493. The van der Waals surface area contributed by atoms with Crippen LogP contribution in [0, 0.1) is 5.82 Å². The molecule has 0 aliphatic heterocycles. The molecule has 0 radical (unpaired) electrons. The molecule has 0 aliphatic carbocycles. The third-order valence-electron chi connectivity index (χ3n) is 4.27. The Balaban J connectivity index is 1.70. The van der Waals surface area contributed by atoms with Crippen LogP contribution in [0.2, 0.25) is 0 Å². The van der Waals surface area contributed by atoms with Gasteiger partial charge in [-0.25, -0.2) is 23.7 Å². The van der Waals surface area contributed by atoms with Crippen molar-refractivity contribution in [3.8, 4) is 0 Å². The van der Waals surface area contributed by atoms with E-state index < -0.39 is 12.5 Å². The molecule has 11 heteroatoms. The zero-order valence-corrected chi connectivity index (χ0v) is 15.8. The molecule has 150 valence electrons. The highest BCUT2D eigenvalue weighted by Crippen LogP contribution is 2.27. The lowest BCUT2D eigenvalue weighted by Gasteiger charge is -2.14. The third-order valence-corrected chi connectivity index (χ3v) is 4.27. The monoisotopic (exact) mass is 399 g/mol. The van der Waals surface area contributed by atoms with Gasteiger partial charge in [-0.1, -0.05) is 0 Å². The molecule has 4 aromatic heterocycles. The van der Waals surface area contributed by atoms with E-state index >= 15 is 0 Å². The minimum absolute atomic E-state index is 0.180. The summed E-state index contributed by atoms with van der Waals surface area (Å²) in [6.45, 7) is 1.48. The second-order valence-electron chi connectivity index (χ2n) is 6.51. The standard InChI is InChI=1S/C18H19F2N9/c1-11(15-21-7-12(20)8-22-15)24-18-26-16(25-14-9-28(2)10-23-14)13-3-5-29(6-4-19)17(13)27-18/h3,5,7-11H,4,6H2,1-2H3,(H2,24,25,26,27)/t11-/m0/s1. The molecule has 0 saturated heterocycles. The van der Waals surface area contributed by atoms with Crippen molar-refractivity contribution in [1.29, 1.82) is 0 Å². The van der Waals surface area contributed by atoms with Gasteiger partial charge in [0.15, 0.2) is 5.82 Å². The summed E-state index contributed by atoms with van der Waals surface area (Å²) in [6, 6.07) is 1.45. The molecular weight excluding hydrogens is 380 g/mol. The van der Waals surface area contributed by atoms with Crippen molar-refractivity contribution in [2.75, 3.05) is 17.3 Å². The number of alkyl halides is 1. The van der Waals surface area contributed by atoms with Gasteiger partial charge >= 0.3 is 0 Å². The van der Waals surface area contributed by atoms with Gasteiger partial charge in [0.1, 0.15) is 29.8 Å². The highest BCUT2D eigenvalue weighted by atomic mass is 19.1. The van der Waals surface area contributed by atoms with E-state index in [1.54, 1.807) is 17.1 Å². The van der Waals surface area contributed by atoms with Gasteiger partial charge in [0, 0.05) is 19.4 Å². The molecule has 4 rings (SSSR count). The number of anilines is 3. The molecule has 0 unspecified atom stereocenters. The topological polar surface area (TPSA) is 98.4 Å². The molecule has 4 heterocycles. The maximum atomic E-state index is 13.1. The van der Waals surface area contributed by atoms with Crippen LogP contribution in [0.5, 0.6) is 0 Å². The van der Waals surface area contributed by atoms with E-state index in [0.717, 1.165) is 17.8 Å². The maximum absolute atomic E-state index is 13.1. The Hall–Kier alpha value is -3.63. The molecule has 0 saturated carbocycles. The second kappa shape index (κ2) is 7.78. The summed E-state index contributed by atoms with van der Waals surface area (Å²) in [5, 5.41) is 7.03. The largest absolute Gasteiger partial charge is 0.344 e. The van der Waals surface area contributed by atoms with Crippen molar-refractivity contribution in [2.24, 2.45) is 7.05 Å². The molecule has 29 heavy (non-hydrogen) atoms. The van der Waals surface area contributed by atoms with E-state index in [2.05, 4.69) is 35.6 Å². The predicted molar refractivity (Wildman–Crippen MR) is 104 cm³/mol. The number of imidazole rings is 1. The van der Waals surface area contributed by atoms with Crippen LogP contribution in [0.25, 0.3) is 11.0 Å². The fraction of sp³-hybridized carbons (Fsp3) is 0.278. The fourth-order valence-electron chi connectivity index (χ4n) is 2.90. The number of nitrogens with one attached hydrogen (secondary N) is 2. The molecule has 0 amide bonds. The lowest BCUT2D eigenvalue weighted by atomic mass is 10.3. The van der Waals surface area contributed by atoms with Crippen molar-refractivity contribution < 1.29 is 8.78 Å². The molecule has 0 fully saturated rings. The van der Waals surface area contributed by atoms with E-state index in [0.29, 0.717) is 29.1 Å². The fourth-order valence-corrected chi connectivity index (χ4v) is 2.90. The van der Waals surface area contributed by atoms with Crippen LogP contribution in [-0.4, -0.2) is 40.7 Å². The van der Waals surface area contributed by atoms with Crippen molar-refractivity contribution >= 4 is 28.6 Å². The van der Waals surface area contributed by atoms with Crippen LogP contribution < -0.4 is 10.6 Å². The number of nitrogens with zero attached hydrogens (tertiary/aromatic N) is 7. The first-order valence-corrected chi connectivity index (χ1v) is 8.95. The number of aromatic nitrogens is 7. The minimum atomic E-state index is -0.515. The number of fused-ring (bicyclic) bond motifs is 1. The smallest absolute Gasteiger partial charge is 0.227 e. The van der Waals surface area contributed by atoms with Crippen LogP contribution in [0.4, 0.5) is 26.4 Å². The first-order chi connectivity index (χ1) is 14.0. The number of aryl methyl sites for hydroxylation is 2. The van der Waals surface area contributed by atoms with Crippen LogP contribution in [-0.2, 0) is 13.6 Å². The SMILES string of the molecule is C[C@H](Nc1nc(Nc2cn(C)cn2)c2ccn(CCF)c2n1)c1ncc(F)cn1. The summed E-state index contributed by atoms with van der Waals surface area (Å²) in [7, 11) is 1.86. The summed E-state index contributed by atoms with van der Waals surface area (Å²) in [5.41, 5.74) is 0.575. The van der Waals surface area contributed by atoms with Crippen molar-refractivity contribution in [2.45, 2.75) is 19.5 Å². The summed E-state index contributed by atoms with van der Waals surface area (Å²) in [4.78, 5) is 21.3. The molecule has 0 aliphatic rings. The number of hydrogen-bond donors (Lipinski definition) is 2. The molecule has 0 aromatic carbocycles. The predicted octanol–water partition coefficient (Wildman–Crippen LogP) is 2.98. The number of halogens is 2. The first-order valence-electron chi connectivity index (χ1n) is 8.95. The molecule has 0 spiro atoms. The van der Waals surface area contributed by atoms with Crippen LogP contribution in [0.1, 0.15) is 18.8 Å². The summed E-state index contributed by atoms with van der Waals surface area (Å²) in [5.74, 6) is 1.33. The Kier molecular flexibility index (Phi) is 5.02. The Morgan fingerprint density at radius 2 is 1.97 bits per heavy atom. The van der Waals surface area contributed by atoms with Crippen molar-refractivity contribution in [3.63, 3.8) is 0 Å². The molecule has 1 atom stereocenters.